The van der Waals surface area contributed by atoms with Gasteiger partial charge in [-0.25, -0.2) is 9.18 Å². The molecule has 1 N–H and O–H groups in total. The van der Waals surface area contributed by atoms with Gasteiger partial charge in [0.2, 0.25) is 0 Å². The number of amides is 1. The van der Waals surface area contributed by atoms with Crippen molar-refractivity contribution in [1.82, 2.24) is 5.32 Å². The highest BCUT2D eigenvalue weighted by molar-refractivity contribution is 5.96. The molecule has 0 unspecified atom stereocenters. The zero-order valence-corrected chi connectivity index (χ0v) is 15.5. The number of methoxy groups -OCH3 is 1. The maximum Gasteiger partial charge on any atom is 0.328 e. The Morgan fingerprint density at radius 1 is 1.04 bits per heavy atom. The maximum atomic E-state index is 13.0. The molecule has 2 aromatic carbocycles. The van der Waals surface area contributed by atoms with Crippen LogP contribution < -0.4 is 5.32 Å². The SMILES string of the molecule is COC(=O)[C@@H](Cc1ccc(C(C)(C)C)cc1)NC(=O)c1ccc(F)cc1. The van der Waals surface area contributed by atoms with Crippen LogP contribution >= 0.6 is 0 Å². The van der Waals surface area contributed by atoms with Crippen LogP contribution in [0.4, 0.5) is 4.39 Å². The Labute approximate surface area is 153 Å². The number of carbonyl (C=O) groups is 2. The number of halogens is 1. The van der Waals surface area contributed by atoms with Gasteiger partial charge in [-0.3, -0.25) is 4.79 Å². The standard InChI is InChI=1S/C21H24FNO3/c1-21(2,3)16-9-5-14(6-10-16)13-18(20(25)26-4)23-19(24)15-7-11-17(22)12-8-15/h5-12,18H,13H2,1-4H3,(H,23,24)/t18-/m1/s1. The Kier molecular flexibility index (Phi) is 6.14. The molecule has 0 radical (unpaired) electrons. The summed E-state index contributed by atoms with van der Waals surface area (Å²) >= 11 is 0. The van der Waals surface area contributed by atoms with E-state index in [0.29, 0.717) is 6.42 Å². The highest BCUT2D eigenvalue weighted by Crippen LogP contribution is 2.22. The van der Waals surface area contributed by atoms with Gasteiger partial charge in [-0.15, -0.1) is 0 Å². The lowest BCUT2D eigenvalue weighted by Gasteiger charge is -2.20. The van der Waals surface area contributed by atoms with E-state index in [0.717, 1.165) is 5.56 Å². The third-order valence-electron chi connectivity index (χ3n) is 4.16. The van der Waals surface area contributed by atoms with Crippen molar-refractivity contribution in [3.63, 3.8) is 0 Å². The molecular formula is C21H24FNO3. The van der Waals surface area contributed by atoms with Crippen LogP contribution in [-0.4, -0.2) is 25.0 Å². The number of ether oxygens (including phenoxy) is 1. The summed E-state index contributed by atoms with van der Waals surface area (Å²) in [4.78, 5) is 24.4. The first kappa shape index (κ1) is 19.6. The number of esters is 1. The van der Waals surface area contributed by atoms with E-state index in [1.807, 2.05) is 24.3 Å². The van der Waals surface area contributed by atoms with Crippen molar-refractivity contribution in [1.29, 1.82) is 0 Å². The first-order chi connectivity index (χ1) is 12.2. The van der Waals surface area contributed by atoms with Gasteiger partial charge >= 0.3 is 5.97 Å². The molecule has 0 bridgehead atoms. The summed E-state index contributed by atoms with van der Waals surface area (Å²) in [5, 5.41) is 2.66. The van der Waals surface area contributed by atoms with Crippen LogP contribution in [0.2, 0.25) is 0 Å². The van der Waals surface area contributed by atoms with Crippen molar-refractivity contribution >= 4 is 11.9 Å². The molecule has 138 valence electrons. The molecule has 1 amide bonds. The number of nitrogens with one attached hydrogen (secondary N) is 1. The smallest absolute Gasteiger partial charge is 0.328 e. The van der Waals surface area contributed by atoms with E-state index in [4.69, 9.17) is 4.74 Å². The molecule has 0 fully saturated rings. The van der Waals surface area contributed by atoms with Crippen LogP contribution in [0.25, 0.3) is 0 Å². The van der Waals surface area contributed by atoms with E-state index in [1.165, 1.54) is 36.9 Å². The summed E-state index contributed by atoms with van der Waals surface area (Å²) in [5.41, 5.74) is 2.42. The van der Waals surface area contributed by atoms with Gasteiger partial charge in [-0.05, 0) is 40.8 Å². The molecular weight excluding hydrogens is 333 g/mol. The average molecular weight is 357 g/mol. The Morgan fingerprint density at radius 3 is 2.12 bits per heavy atom. The normalized spacial score (nSPS) is 12.3. The molecule has 0 saturated heterocycles. The lowest BCUT2D eigenvalue weighted by atomic mass is 9.86. The van der Waals surface area contributed by atoms with Gasteiger partial charge in [0, 0.05) is 12.0 Å². The highest BCUT2D eigenvalue weighted by Gasteiger charge is 2.23. The van der Waals surface area contributed by atoms with Gasteiger partial charge in [0.25, 0.3) is 5.91 Å². The Balaban J connectivity index is 2.13. The van der Waals surface area contributed by atoms with Crippen LogP contribution in [0.3, 0.4) is 0 Å². The minimum absolute atomic E-state index is 0.0388. The molecule has 26 heavy (non-hydrogen) atoms. The van der Waals surface area contributed by atoms with Gasteiger partial charge in [0.05, 0.1) is 7.11 Å². The maximum absolute atomic E-state index is 13.0. The fourth-order valence-electron chi connectivity index (χ4n) is 2.55. The fourth-order valence-corrected chi connectivity index (χ4v) is 2.55. The molecule has 0 saturated carbocycles. The van der Waals surface area contributed by atoms with Crippen LogP contribution in [0.5, 0.6) is 0 Å². The second kappa shape index (κ2) is 8.13. The van der Waals surface area contributed by atoms with Gasteiger partial charge in [0.1, 0.15) is 11.9 Å². The molecule has 0 spiro atoms. The van der Waals surface area contributed by atoms with Crippen molar-refractivity contribution in [3.05, 3.63) is 71.0 Å². The third-order valence-corrected chi connectivity index (χ3v) is 4.16. The number of carbonyl (C=O) groups excluding carboxylic acids is 2. The predicted octanol–water partition coefficient (Wildman–Crippen LogP) is 3.64. The van der Waals surface area contributed by atoms with Crippen molar-refractivity contribution in [2.75, 3.05) is 7.11 Å². The summed E-state index contributed by atoms with van der Waals surface area (Å²) in [6.07, 6.45) is 0.310. The van der Waals surface area contributed by atoms with Crippen LogP contribution in [0.15, 0.2) is 48.5 Å². The second-order valence-corrected chi connectivity index (χ2v) is 7.21. The minimum Gasteiger partial charge on any atom is -0.467 e. The number of hydrogen-bond donors (Lipinski definition) is 1. The molecule has 5 heteroatoms. The summed E-state index contributed by atoms with van der Waals surface area (Å²) in [7, 11) is 1.28. The van der Waals surface area contributed by atoms with Crippen molar-refractivity contribution in [3.8, 4) is 0 Å². The molecule has 1 atom stereocenters. The molecule has 0 heterocycles. The summed E-state index contributed by atoms with van der Waals surface area (Å²) < 4.78 is 17.8. The number of hydrogen-bond acceptors (Lipinski definition) is 3. The molecule has 2 aromatic rings. The van der Waals surface area contributed by atoms with Crippen LogP contribution in [0, 0.1) is 5.82 Å². The average Bonchev–Trinajstić information content (AvgIpc) is 2.60. The number of rotatable bonds is 5. The zero-order chi connectivity index (χ0) is 19.3. The van der Waals surface area contributed by atoms with Gasteiger partial charge < -0.3 is 10.1 Å². The van der Waals surface area contributed by atoms with Crippen LogP contribution in [0.1, 0.15) is 42.3 Å². The molecule has 0 aliphatic rings. The topological polar surface area (TPSA) is 55.4 Å². The lowest BCUT2D eigenvalue weighted by Crippen LogP contribution is -2.43. The molecule has 0 aromatic heterocycles. The quantitative estimate of drug-likeness (QED) is 0.831. The van der Waals surface area contributed by atoms with E-state index in [9.17, 15) is 14.0 Å². The van der Waals surface area contributed by atoms with Crippen LogP contribution in [-0.2, 0) is 21.4 Å². The van der Waals surface area contributed by atoms with E-state index in [2.05, 4.69) is 26.1 Å². The number of benzene rings is 2. The van der Waals surface area contributed by atoms with Gasteiger partial charge in [0.15, 0.2) is 0 Å². The van der Waals surface area contributed by atoms with E-state index in [-0.39, 0.29) is 11.0 Å². The monoisotopic (exact) mass is 357 g/mol. The van der Waals surface area contributed by atoms with Crippen molar-refractivity contribution in [2.45, 2.75) is 38.6 Å². The Bertz CT molecular complexity index is 761. The summed E-state index contributed by atoms with van der Waals surface area (Å²) in [6, 6.07) is 12.3. The summed E-state index contributed by atoms with van der Waals surface area (Å²) in [5.74, 6) is -1.41. The van der Waals surface area contributed by atoms with Crippen molar-refractivity contribution in [2.24, 2.45) is 0 Å². The van der Waals surface area contributed by atoms with E-state index >= 15 is 0 Å². The van der Waals surface area contributed by atoms with Gasteiger partial charge in [-0.2, -0.15) is 0 Å². The van der Waals surface area contributed by atoms with Crippen molar-refractivity contribution < 1.29 is 18.7 Å². The first-order valence-electron chi connectivity index (χ1n) is 8.44. The summed E-state index contributed by atoms with van der Waals surface area (Å²) in [6.45, 7) is 6.38. The van der Waals surface area contributed by atoms with E-state index < -0.39 is 23.7 Å². The minimum atomic E-state index is -0.821. The highest BCUT2D eigenvalue weighted by atomic mass is 19.1. The fraction of sp³-hybridized carbons (Fsp3) is 0.333. The molecule has 2 rings (SSSR count). The molecule has 4 nitrogen and oxygen atoms in total. The van der Waals surface area contributed by atoms with Gasteiger partial charge in [-0.1, -0.05) is 45.0 Å². The second-order valence-electron chi connectivity index (χ2n) is 7.21. The third kappa shape index (κ3) is 5.15. The Hall–Kier alpha value is -2.69. The van der Waals surface area contributed by atoms with E-state index in [1.54, 1.807) is 0 Å². The first-order valence-corrected chi connectivity index (χ1v) is 8.44. The molecule has 0 aliphatic carbocycles. The largest absolute Gasteiger partial charge is 0.467 e. The Morgan fingerprint density at radius 2 is 1.62 bits per heavy atom. The lowest BCUT2D eigenvalue weighted by molar-refractivity contribution is -0.142. The molecule has 0 aliphatic heterocycles. The predicted molar refractivity (Wildman–Crippen MR) is 98.5 cm³/mol. The zero-order valence-electron chi connectivity index (χ0n) is 15.5.